The molecule has 0 aliphatic heterocycles. The SMILES string of the molecule is CCn1ccnc1[C@H]1[C@H](N)C1(C)C. The van der Waals surface area contributed by atoms with Crippen molar-refractivity contribution in [2.24, 2.45) is 11.1 Å². The van der Waals surface area contributed by atoms with E-state index in [1.165, 1.54) is 0 Å². The number of hydrogen-bond acceptors (Lipinski definition) is 2. The van der Waals surface area contributed by atoms with Gasteiger partial charge in [0.15, 0.2) is 0 Å². The van der Waals surface area contributed by atoms with Gasteiger partial charge in [-0.15, -0.1) is 0 Å². The number of hydrogen-bond donors (Lipinski definition) is 1. The Balaban J connectivity index is 2.28. The molecule has 3 heteroatoms. The maximum atomic E-state index is 6.01. The highest BCUT2D eigenvalue weighted by Crippen LogP contribution is 2.56. The van der Waals surface area contributed by atoms with Crippen LogP contribution in [0.25, 0.3) is 0 Å². The number of rotatable bonds is 2. The monoisotopic (exact) mass is 179 g/mol. The Morgan fingerprint density at radius 3 is 2.69 bits per heavy atom. The Morgan fingerprint density at radius 2 is 2.23 bits per heavy atom. The highest BCUT2D eigenvalue weighted by atomic mass is 15.1. The summed E-state index contributed by atoms with van der Waals surface area (Å²) in [5, 5.41) is 0. The minimum atomic E-state index is 0.234. The smallest absolute Gasteiger partial charge is 0.113 e. The van der Waals surface area contributed by atoms with E-state index in [-0.39, 0.29) is 11.5 Å². The minimum absolute atomic E-state index is 0.234. The zero-order valence-corrected chi connectivity index (χ0v) is 8.49. The third-order valence-electron chi connectivity index (χ3n) is 3.28. The average Bonchev–Trinajstić information content (AvgIpc) is 2.54. The predicted molar refractivity (Wildman–Crippen MR) is 52.4 cm³/mol. The van der Waals surface area contributed by atoms with E-state index < -0.39 is 0 Å². The van der Waals surface area contributed by atoms with Gasteiger partial charge in [-0.05, 0) is 12.3 Å². The number of nitrogens with two attached hydrogens (primary N) is 1. The quantitative estimate of drug-likeness (QED) is 0.744. The van der Waals surface area contributed by atoms with Crippen LogP contribution in [0.2, 0.25) is 0 Å². The van der Waals surface area contributed by atoms with Crippen molar-refractivity contribution in [1.82, 2.24) is 9.55 Å². The Hall–Kier alpha value is -0.830. The Morgan fingerprint density at radius 1 is 1.62 bits per heavy atom. The van der Waals surface area contributed by atoms with Crippen LogP contribution in [0.1, 0.15) is 32.5 Å². The lowest BCUT2D eigenvalue weighted by atomic mass is 10.1. The number of aryl methyl sites for hydroxylation is 1. The molecule has 1 fully saturated rings. The molecule has 0 aromatic carbocycles. The Labute approximate surface area is 79.0 Å². The van der Waals surface area contributed by atoms with Crippen molar-refractivity contribution in [1.29, 1.82) is 0 Å². The normalized spacial score (nSPS) is 30.5. The van der Waals surface area contributed by atoms with E-state index in [4.69, 9.17) is 5.73 Å². The Kier molecular flexibility index (Phi) is 1.74. The molecule has 2 N–H and O–H groups in total. The first-order chi connectivity index (χ1) is 6.09. The lowest BCUT2D eigenvalue weighted by Gasteiger charge is -2.04. The van der Waals surface area contributed by atoms with Gasteiger partial charge in [0.25, 0.3) is 0 Å². The molecule has 0 saturated heterocycles. The van der Waals surface area contributed by atoms with Gasteiger partial charge in [-0.2, -0.15) is 0 Å². The molecule has 3 nitrogen and oxygen atoms in total. The van der Waals surface area contributed by atoms with E-state index in [1.54, 1.807) is 0 Å². The summed E-state index contributed by atoms with van der Waals surface area (Å²) in [5.74, 6) is 1.60. The summed E-state index contributed by atoms with van der Waals surface area (Å²) in [6.07, 6.45) is 3.89. The molecule has 0 amide bonds. The molecule has 13 heavy (non-hydrogen) atoms. The van der Waals surface area contributed by atoms with Gasteiger partial charge in [-0.1, -0.05) is 13.8 Å². The largest absolute Gasteiger partial charge is 0.335 e. The molecule has 1 heterocycles. The zero-order valence-electron chi connectivity index (χ0n) is 8.49. The van der Waals surface area contributed by atoms with Crippen LogP contribution in [-0.4, -0.2) is 15.6 Å². The lowest BCUT2D eigenvalue weighted by Crippen LogP contribution is -2.07. The molecule has 72 valence electrons. The topological polar surface area (TPSA) is 43.8 Å². The summed E-state index contributed by atoms with van der Waals surface area (Å²) in [5.41, 5.74) is 6.24. The van der Waals surface area contributed by atoms with Crippen LogP contribution in [0, 0.1) is 5.41 Å². The van der Waals surface area contributed by atoms with Crippen LogP contribution in [0.3, 0.4) is 0 Å². The van der Waals surface area contributed by atoms with Crippen molar-refractivity contribution >= 4 is 0 Å². The van der Waals surface area contributed by atoms with E-state index in [9.17, 15) is 0 Å². The molecule has 2 atom stereocenters. The second-order valence-electron chi connectivity index (χ2n) is 4.40. The number of imidazole rings is 1. The fourth-order valence-corrected chi connectivity index (χ4v) is 2.04. The summed E-state index contributed by atoms with van der Waals surface area (Å²) in [7, 11) is 0. The summed E-state index contributed by atoms with van der Waals surface area (Å²) in [6.45, 7) is 7.52. The fourth-order valence-electron chi connectivity index (χ4n) is 2.04. The summed E-state index contributed by atoms with van der Waals surface area (Å²) < 4.78 is 2.18. The van der Waals surface area contributed by atoms with Crippen LogP contribution >= 0.6 is 0 Å². The van der Waals surface area contributed by atoms with Crippen LogP contribution in [0.5, 0.6) is 0 Å². The predicted octanol–water partition coefficient (Wildman–Crippen LogP) is 1.35. The van der Waals surface area contributed by atoms with E-state index in [2.05, 4.69) is 30.3 Å². The van der Waals surface area contributed by atoms with E-state index in [0.29, 0.717) is 5.92 Å². The van der Waals surface area contributed by atoms with Gasteiger partial charge in [-0.3, -0.25) is 0 Å². The third-order valence-corrected chi connectivity index (χ3v) is 3.28. The second kappa shape index (κ2) is 2.58. The van der Waals surface area contributed by atoms with Crippen molar-refractivity contribution in [3.63, 3.8) is 0 Å². The molecule has 0 bridgehead atoms. The molecule has 1 aromatic rings. The number of nitrogens with zero attached hydrogens (tertiary/aromatic N) is 2. The van der Waals surface area contributed by atoms with Crippen LogP contribution in [0.4, 0.5) is 0 Å². The first-order valence-corrected chi connectivity index (χ1v) is 4.85. The summed E-state index contributed by atoms with van der Waals surface area (Å²) >= 11 is 0. The highest BCUT2D eigenvalue weighted by molar-refractivity contribution is 5.25. The standard InChI is InChI=1S/C10H17N3/c1-4-13-6-5-12-9(13)7-8(11)10(7,2)3/h5-8H,4,11H2,1-3H3/t7-,8+/m1/s1. The third kappa shape index (κ3) is 1.10. The first kappa shape index (κ1) is 8.75. The van der Waals surface area contributed by atoms with Crippen molar-refractivity contribution in [3.8, 4) is 0 Å². The van der Waals surface area contributed by atoms with E-state index in [1.807, 2.05) is 12.4 Å². The molecular formula is C10H17N3. The highest BCUT2D eigenvalue weighted by Gasteiger charge is 2.58. The maximum Gasteiger partial charge on any atom is 0.113 e. The van der Waals surface area contributed by atoms with Crippen molar-refractivity contribution in [3.05, 3.63) is 18.2 Å². The minimum Gasteiger partial charge on any atom is -0.335 e. The van der Waals surface area contributed by atoms with Crippen LogP contribution in [0.15, 0.2) is 12.4 Å². The van der Waals surface area contributed by atoms with Gasteiger partial charge in [-0.25, -0.2) is 4.98 Å². The number of aromatic nitrogens is 2. The summed E-state index contributed by atoms with van der Waals surface area (Å²) in [6, 6.07) is 0.278. The average molecular weight is 179 g/mol. The maximum absolute atomic E-state index is 6.01. The van der Waals surface area contributed by atoms with Gasteiger partial charge < -0.3 is 10.3 Å². The van der Waals surface area contributed by atoms with Crippen molar-refractivity contribution in [2.75, 3.05) is 0 Å². The van der Waals surface area contributed by atoms with Gasteiger partial charge in [0, 0.05) is 30.9 Å². The molecule has 1 aliphatic rings. The Bertz CT molecular complexity index is 314. The lowest BCUT2D eigenvalue weighted by molar-refractivity contribution is 0.575. The van der Waals surface area contributed by atoms with Gasteiger partial charge in [0.2, 0.25) is 0 Å². The zero-order chi connectivity index (χ0) is 9.64. The molecule has 2 rings (SSSR count). The summed E-state index contributed by atoms with van der Waals surface area (Å²) in [4.78, 5) is 4.38. The van der Waals surface area contributed by atoms with Crippen molar-refractivity contribution < 1.29 is 0 Å². The van der Waals surface area contributed by atoms with Crippen LogP contribution < -0.4 is 5.73 Å². The van der Waals surface area contributed by atoms with Gasteiger partial charge in [0.05, 0.1) is 0 Å². The molecule has 0 spiro atoms. The second-order valence-corrected chi connectivity index (χ2v) is 4.40. The van der Waals surface area contributed by atoms with Crippen LogP contribution in [-0.2, 0) is 6.54 Å². The molecule has 0 unspecified atom stereocenters. The molecular weight excluding hydrogens is 162 g/mol. The van der Waals surface area contributed by atoms with Gasteiger partial charge in [0.1, 0.15) is 5.82 Å². The van der Waals surface area contributed by atoms with Gasteiger partial charge >= 0.3 is 0 Å². The fraction of sp³-hybridized carbons (Fsp3) is 0.700. The molecule has 1 aromatic heterocycles. The van der Waals surface area contributed by atoms with E-state index >= 15 is 0 Å². The molecule has 1 saturated carbocycles. The van der Waals surface area contributed by atoms with Crippen molar-refractivity contribution in [2.45, 2.75) is 39.3 Å². The van der Waals surface area contributed by atoms with E-state index in [0.717, 1.165) is 12.4 Å². The molecule has 1 aliphatic carbocycles. The first-order valence-electron chi connectivity index (χ1n) is 4.85. The molecule has 0 radical (unpaired) electrons.